The van der Waals surface area contributed by atoms with Crippen molar-refractivity contribution in [2.45, 2.75) is 0 Å². The summed E-state index contributed by atoms with van der Waals surface area (Å²) in [6.07, 6.45) is 8.39. The smallest absolute Gasteiger partial charge is 0.0342 e. The van der Waals surface area contributed by atoms with E-state index < -0.39 is 0 Å². The van der Waals surface area contributed by atoms with Gasteiger partial charge < -0.3 is 0 Å². The Hall–Kier alpha value is -2.50. The fraction of sp³-hybridized carbons (Fsp3) is 0. The Morgan fingerprint density at radius 1 is 0.433 bits per heavy atom. The van der Waals surface area contributed by atoms with Crippen molar-refractivity contribution in [1.29, 1.82) is 0 Å². The number of hydrogen-bond donors (Lipinski definition) is 0. The fourth-order valence-electron chi connectivity index (χ4n) is 2.76. The van der Waals surface area contributed by atoms with Gasteiger partial charge in [0.15, 0.2) is 0 Å². The van der Waals surface area contributed by atoms with Gasteiger partial charge >= 0.3 is 0 Å². The molecule has 1 aromatic carbocycles. The second-order valence-corrected chi connectivity index (χ2v) is 10.1. The van der Waals surface area contributed by atoms with Gasteiger partial charge in [0.05, 0.1) is 0 Å². The van der Waals surface area contributed by atoms with Crippen LogP contribution in [-0.2, 0) is 0 Å². The van der Waals surface area contributed by atoms with E-state index >= 15 is 0 Å². The molecule has 0 saturated heterocycles. The third kappa shape index (κ3) is 6.00. The van der Waals surface area contributed by atoms with Gasteiger partial charge in [0.25, 0.3) is 0 Å². The molecule has 4 heterocycles. The van der Waals surface area contributed by atoms with Gasteiger partial charge in [0.1, 0.15) is 0 Å². The standard InChI is InChI=1S/C14H10S2.C12H10S2/c1-3-13(15-9-1)11-5-7-12(8-6-11)14-4-2-10-16-14;1(5-11-7-3-9-13-11)2-6-12-8-4-10-14-12/h1-10H;1-10H. The van der Waals surface area contributed by atoms with Crippen LogP contribution in [0.1, 0.15) is 9.75 Å². The zero-order valence-corrected chi connectivity index (χ0v) is 19.4. The van der Waals surface area contributed by atoms with Crippen molar-refractivity contribution in [3.05, 3.63) is 116 Å². The third-order valence-corrected chi connectivity index (χ3v) is 7.73. The molecule has 0 spiro atoms. The van der Waals surface area contributed by atoms with Gasteiger partial charge in [-0.25, -0.2) is 0 Å². The Morgan fingerprint density at radius 3 is 1.17 bits per heavy atom. The van der Waals surface area contributed by atoms with Crippen LogP contribution < -0.4 is 0 Å². The maximum absolute atomic E-state index is 2.20. The average Bonchev–Trinajstić information content (AvgIpc) is 3.61. The van der Waals surface area contributed by atoms with Crippen LogP contribution in [0.2, 0.25) is 0 Å². The Balaban J connectivity index is 0.000000147. The molecular weight excluding hydrogens is 441 g/mol. The molecular formula is C26H20S4. The molecule has 0 amide bonds. The SMILES string of the molecule is C(C=Cc1cccs1)=Cc1cccs1.c1csc(-c2ccc(-c3cccs3)cc2)c1. The quantitative estimate of drug-likeness (QED) is 0.229. The summed E-state index contributed by atoms with van der Waals surface area (Å²) in [5, 5.41) is 8.40. The van der Waals surface area contributed by atoms with Gasteiger partial charge in [-0.05, 0) is 69.1 Å². The number of rotatable bonds is 5. The Bertz CT molecular complexity index is 1050. The largest absolute Gasteiger partial charge is 0.144 e. The van der Waals surface area contributed by atoms with Gasteiger partial charge in [-0.2, -0.15) is 0 Å². The van der Waals surface area contributed by atoms with Gasteiger partial charge in [-0.15, -0.1) is 45.3 Å². The van der Waals surface area contributed by atoms with Gasteiger partial charge in [-0.1, -0.05) is 60.7 Å². The summed E-state index contributed by atoms with van der Waals surface area (Å²) in [6.45, 7) is 0. The lowest BCUT2D eigenvalue weighted by Crippen LogP contribution is -1.74. The highest BCUT2D eigenvalue weighted by Gasteiger charge is 2.01. The van der Waals surface area contributed by atoms with Crippen molar-refractivity contribution in [1.82, 2.24) is 0 Å². The molecule has 5 rings (SSSR count). The Kier molecular flexibility index (Phi) is 7.64. The van der Waals surface area contributed by atoms with Crippen molar-refractivity contribution < 1.29 is 0 Å². The first-order chi connectivity index (χ1) is 14.9. The minimum absolute atomic E-state index is 1.29. The molecule has 4 heteroatoms. The van der Waals surface area contributed by atoms with E-state index in [1.807, 2.05) is 0 Å². The molecule has 0 unspecified atom stereocenters. The molecule has 0 N–H and O–H groups in total. The molecule has 0 aliphatic rings. The van der Waals surface area contributed by atoms with Gasteiger partial charge in [-0.3, -0.25) is 0 Å². The molecule has 0 nitrogen and oxygen atoms in total. The molecule has 0 aliphatic heterocycles. The van der Waals surface area contributed by atoms with Crippen LogP contribution in [0.15, 0.2) is 106 Å². The number of benzene rings is 1. The monoisotopic (exact) mass is 460 g/mol. The molecule has 0 fully saturated rings. The van der Waals surface area contributed by atoms with Crippen LogP contribution in [0.4, 0.5) is 0 Å². The predicted octanol–water partition coefficient (Wildman–Crippen LogP) is 9.68. The predicted molar refractivity (Wildman–Crippen MR) is 140 cm³/mol. The second kappa shape index (κ2) is 11.0. The molecule has 0 bridgehead atoms. The maximum Gasteiger partial charge on any atom is 0.0342 e. The molecule has 30 heavy (non-hydrogen) atoms. The van der Waals surface area contributed by atoms with Crippen molar-refractivity contribution in [2.75, 3.05) is 0 Å². The van der Waals surface area contributed by atoms with Crippen molar-refractivity contribution in [3.63, 3.8) is 0 Å². The number of allylic oxidation sites excluding steroid dienone is 2. The maximum atomic E-state index is 2.20. The van der Waals surface area contributed by atoms with E-state index in [9.17, 15) is 0 Å². The van der Waals surface area contributed by atoms with E-state index in [1.54, 1.807) is 45.3 Å². The van der Waals surface area contributed by atoms with Gasteiger partial charge in [0.2, 0.25) is 0 Å². The lowest BCUT2D eigenvalue weighted by molar-refractivity contribution is 1.69. The third-order valence-electron chi connectivity index (χ3n) is 4.21. The minimum Gasteiger partial charge on any atom is -0.144 e. The van der Waals surface area contributed by atoms with E-state index in [0.29, 0.717) is 0 Å². The first-order valence-corrected chi connectivity index (χ1v) is 13.0. The number of thiophene rings is 4. The van der Waals surface area contributed by atoms with E-state index in [1.165, 1.54) is 30.6 Å². The van der Waals surface area contributed by atoms with Crippen LogP contribution in [0.3, 0.4) is 0 Å². The normalized spacial score (nSPS) is 11.1. The van der Waals surface area contributed by atoms with Crippen molar-refractivity contribution >= 4 is 57.5 Å². The molecule has 0 saturated carbocycles. The van der Waals surface area contributed by atoms with Crippen LogP contribution >= 0.6 is 45.3 Å². The van der Waals surface area contributed by atoms with E-state index in [2.05, 4.69) is 119 Å². The highest BCUT2D eigenvalue weighted by Crippen LogP contribution is 2.29. The Labute approximate surface area is 193 Å². The molecule has 0 atom stereocenters. The van der Waals surface area contributed by atoms with E-state index in [4.69, 9.17) is 0 Å². The molecule has 4 aromatic heterocycles. The van der Waals surface area contributed by atoms with Crippen LogP contribution in [0.5, 0.6) is 0 Å². The zero-order chi connectivity index (χ0) is 20.4. The van der Waals surface area contributed by atoms with Crippen LogP contribution in [0.25, 0.3) is 33.0 Å². The zero-order valence-electron chi connectivity index (χ0n) is 16.2. The first-order valence-electron chi connectivity index (χ1n) is 9.48. The Morgan fingerprint density at radius 2 is 0.833 bits per heavy atom. The van der Waals surface area contributed by atoms with E-state index in [0.717, 1.165) is 0 Å². The average molecular weight is 461 g/mol. The minimum atomic E-state index is 1.29. The summed E-state index contributed by atoms with van der Waals surface area (Å²) in [4.78, 5) is 5.25. The molecule has 0 radical (unpaired) electrons. The van der Waals surface area contributed by atoms with Crippen LogP contribution in [0, 0.1) is 0 Å². The summed E-state index contributed by atoms with van der Waals surface area (Å²) in [6, 6.07) is 25.6. The summed E-state index contributed by atoms with van der Waals surface area (Å²) in [5.41, 5.74) is 2.60. The van der Waals surface area contributed by atoms with E-state index in [-0.39, 0.29) is 0 Å². The molecule has 148 valence electrons. The highest BCUT2D eigenvalue weighted by atomic mass is 32.1. The van der Waals surface area contributed by atoms with Gasteiger partial charge in [0, 0.05) is 19.5 Å². The first kappa shape index (κ1) is 20.8. The lowest BCUT2D eigenvalue weighted by atomic mass is 10.1. The summed E-state index contributed by atoms with van der Waals surface area (Å²) >= 11 is 7.07. The molecule has 5 aromatic rings. The summed E-state index contributed by atoms with van der Waals surface area (Å²) in [5.74, 6) is 0. The second-order valence-electron chi connectivity index (χ2n) is 6.28. The topological polar surface area (TPSA) is 0 Å². The van der Waals surface area contributed by atoms with Crippen molar-refractivity contribution in [2.24, 2.45) is 0 Å². The van der Waals surface area contributed by atoms with Crippen molar-refractivity contribution in [3.8, 4) is 20.9 Å². The summed E-state index contributed by atoms with van der Waals surface area (Å²) < 4.78 is 0. The highest BCUT2D eigenvalue weighted by molar-refractivity contribution is 7.14. The van der Waals surface area contributed by atoms with Crippen LogP contribution in [-0.4, -0.2) is 0 Å². The lowest BCUT2D eigenvalue weighted by Gasteiger charge is -2.00. The summed E-state index contributed by atoms with van der Waals surface area (Å²) in [7, 11) is 0. The molecule has 0 aliphatic carbocycles. The number of hydrogen-bond acceptors (Lipinski definition) is 4. The fourth-order valence-corrected chi connectivity index (χ4v) is 5.48.